The molecule has 0 radical (unpaired) electrons. The van der Waals surface area contributed by atoms with E-state index >= 15 is 0 Å². The molecule has 130 valence electrons. The highest BCUT2D eigenvalue weighted by Crippen LogP contribution is 2.26. The quantitative estimate of drug-likeness (QED) is 0.633. The van der Waals surface area contributed by atoms with Crippen molar-refractivity contribution in [1.29, 1.82) is 0 Å². The lowest BCUT2D eigenvalue weighted by Crippen LogP contribution is -2.27. The summed E-state index contributed by atoms with van der Waals surface area (Å²) in [5.74, 6) is -0.116. The Bertz CT molecular complexity index is 775. The number of aryl methyl sites for hydroxylation is 3. The van der Waals surface area contributed by atoms with Crippen molar-refractivity contribution in [1.82, 2.24) is 4.90 Å². The molecule has 3 rings (SSSR count). The molecule has 1 heterocycles. The van der Waals surface area contributed by atoms with Crippen LogP contribution in [-0.4, -0.2) is 23.3 Å². The van der Waals surface area contributed by atoms with Crippen molar-refractivity contribution in [3.8, 4) is 5.75 Å². The molecule has 4 nitrogen and oxygen atoms in total. The van der Waals surface area contributed by atoms with Gasteiger partial charge in [-0.15, -0.1) is 0 Å². The monoisotopic (exact) mass is 337 g/mol. The van der Waals surface area contributed by atoms with E-state index < -0.39 is 5.92 Å². The summed E-state index contributed by atoms with van der Waals surface area (Å²) in [6.07, 6.45) is 0.218. The van der Waals surface area contributed by atoms with Gasteiger partial charge in [0.25, 0.3) is 0 Å². The Morgan fingerprint density at radius 3 is 2.36 bits per heavy atom. The Kier molecular flexibility index (Phi) is 4.88. The van der Waals surface area contributed by atoms with Gasteiger partial charge >= 0.3 is 5.97 Å². The maximum Gasteiger partial charge on any atom is 0.316 e. The maximum absolute atomic E-state index is 12.5. The highest BCUT2D eigenvalue weighted by molar-refractivity contribution is 5.87. The predicted molar refractivity (Wildman–Crippen MR) is 96.3 cm³/mol. The van der Waals surface area contributed by atoms with Crippen LogP contribution in [0, 0.1) is 26.7 Å². The largest absolute Gasteiger partial charge is 0.426 e. The molecule has 0 bridgehead atoms. The highest BCUT2D eigenvalue weighted by Gasteiger charge is 2.35. The summed E-state index contributed by atoms with van der Waals surface area (Å²) in [7, 11) is 0. The summed E-state index contributed by atoms with van der Waals surface area (Å²) < 4.78 is 5.60. The fraction of sp³-hybridized carbons (Fsp3) is 0.333. The molecule has 0 unspecified atom stereocenters. The molecule has 4 heteroatoms. The van der Waals surface area contributed by atoms with E-state index in [1.165, 1.54) is 5.56 Å². The zero-order chi connectivity index (χ0) is 18.0. The standard InChI is InChI=1S/C21H23NO3/c1-14-7-9-17(10-8-14)12-22-13-18(11-19(22)23)21(24)25-20-15(2)5-4-6-16(20)3/h4-10,18H,11-13H2,1-3H3/t18-/m0/s1. The third-order valence-electron chi connectivity index (χ3n) is 4.65. The van der Waals surface area contributed by atoms with Gasteiger partial charge in [0.05, 0.1) is 5.92 Å². The Morgan fingerprint density at radius 2 is 1.72 bits per heavy atom. The van der Waals surface area contributed by atoms with Crippen LogP contribution in [0.3, 0.4) is 0 Å². The topological polar surface area (TPSA) is 46.6 Å². The molecule has 1 atom stereocenters. The Balaban J connectivity index is 1.65. The number of carbonyl (C=O) groups excluding carboxylic acids is 2. The normalized spacial score (nSPS) is 17.0. The van der Waals surface area contributed by atoms with E-state index in [0.29, 0.717) is 18.8 Å². The van der Waals surface area contributed by atoms with Crippen molar-refractivity contribution in [2.45, 2.75) is 33.7 Å². The number of rotatable bonds is 4. The smallest absolute Gasteiger partial charge is 0.316 e. The van der Waals surface area contributed by atoms with Crippen LogP contribution in [0.1, 0.15) is 28.7 Å². The molecular formula is C21H23NO3. The lowest BCUT2D eigenvalue weighted by Gasteiger charge is -2.17. The van der Waals surface area contributed by atoms with E-state index in [4.69, 9.17) is 4.74 Å². The van der Waals surface area contributed by atoms with Crippen molar-refractivity contribution in [3.63, 3.8) is 0 Å². The third-order valence-corrected chi connectivity index (χ3v) is 4.65. The van der Waals surface area contributed by atoms with Gasteiger partial charge in [-0.1, -0.05) is 48.0 Å². The fourth-order valence-electron chi connectivity index (χ4n) is 3.14. The van der Waals surface area contributed by atoms with Gasteiger partial charge < -0.3 is 9.64 Å². The molecule has 1 aliphatic heterocycles. The van der Waals surface area contributed by atoms with Gasteiger partial charge in [-0.05, 0) is 37.5 Å². The van der Waals surface area contributed by atoms with Crippen LogP contribution in [-0.2, 0) is 16.1 Å². The first-order valence-corrected chi connectivity index (χ1v) is 8.55. The average molecular weight is 337 g/mol. The van der Waals surface area contributed by atoms with Crippen LogP contribution in [0.4, 0.5) is 0 Å². The van der Waals surface area contributed by atoms with Crippen LogP contribution in [0.5, 0.6) is 5.75 Å². The third kappa shape index (κ3) is 3.90. The summed E-state index contributed by atoms with van der Waals surface area (Å²) in [5, 5.41) is 0. The zero-order valence-corrected chi connectivity index (χ0v) is 14.9. The van der Waals surface area contributed by atoms with Crippen LogP contribution in [0.2, 0.25) is 0 Å². The molecule has 1 aliphatic rings. The molecule has 0 spiro atoms. The molecule has 2 aromatic rings. The summed E-state index contributed by atoms with van der Waals surface area (Å²) in [6.45, 7) is 6.81. The second kappa shape index (κ2) is 7.09. The summed E-state index contributed by atoms with van der Waals surface area (Å²) >= 11 is 0. The number of nitrogens with zero attached hydrogens (tertiary/aromatic N) is 1. The van der Waals surface area contributed by atoms with E-state index in [1.54, 1.807) is 4.90 Å². The lowest BCUT2D eigenvalue weighted by atomic mass is 10.1. The molecule has 1 amide bonds. The lowest BCUT2D eigenvalue weighted by molar-refractivity contribution is -0.139. The SMILES string of the molecule is Cc1ccc(CN2C[C@@H](C(=O)Oc3c(C)cccc3C)CC2=O)cc1. The number of para-hydroxylation sites is 1. The van der Waals surface area contributed by atoms with Gasteiger partial charge in [-0.2, -0.15) is 0 Å². The number of likely N-dealkylation sites (tertiary alicyclic amines) is 1. The second-order valence-corrected chi connectivity index (χ2v) is 6.80. The minimum Gasteiger partial charge on any atom is -0.426 e. The van der Waals surface area contributed by atoms with E-state index in [2.05, 4.69) is 0 Å². The first-order chi connectivity index (χ1) is 11.9. The molecule has 1 fully saturated rings. The Labute approximate surface area is 148 Å². The van der Waals surface area contributed by atoms with Crippen molar-refractivity contribution in [2.24, 2.45) is 5.92 Å². The Morgan fingerprint density at radius 1 is 1.08 bits per heavy atom. The maximum atomic E-state index is 12.5. The van der Waals surface area contributed by atoms with Crippen molar-refractivity contribution >= 4 is 11.9 Å². The molecule has 1 saturated heterocycles. The van der Waals surface area contributed by atoms with Crippen LogP contribution in [0.15, 0.2) is 42.5 Å². The Hall–Kier alpha value is -2.62. The van der Waals surface area contributed by atoms with Crippen LogP contribution < -0.4 is 4.74 Å². The van der Waals surface area contributed by atoms with Gasteiger partial charge in [-0.3, -0.25) is 9.59 Å². The fourth-order valence-corrected chi connectivity index (χ4v) is 3.14. The minimum atomic E-state index is -0.406. The van der Waals surface area contributed by atoms with Gasteiger partial charge in [0.15, 0.2) is 0 Å². The van der Waals surface area contributed by atoms with E-state index in [9.17, 15) is 9.59 Å². The highest BCUT2D eigenvalue weighted by atomic mass is 16.5. The number of benzene rings is 2. The van der Waals surface area contributed by atoms with E-state index in [1.807, 2.05) is 63.2 Å². The molecule has 0 aromatic heterocycles. The van der Waals surface area contributed by atoms with Gasteiger partial charge in [-0.25, -0.2) is 0 Å². The second-order valence-electron chi connectivity index (χ2n) is 6.80. The van der Waals surface area contributed by atoms with E-state index in [-0.39, 0.29) is 18.3 Å². The van der Waals surface area contributed by atoms with Crippen molar-refractivity contribution in [3.05, 3.63) is 64.7 Å². The summed E-state index contributed by atoms with van der Waals surface area (Å²) in [5.41, 5.74) is 4.11. The minimum absolute atomic E-state index is 0.00373. The molecule has 0 saturated carbocycles. The molecule has 25 heavy (non-hydrogen) atoms. The number of carbonyl (C=O) groups is 2. The molecule has 0 aliphatic carbocycles. The summed E-state index contributed by atoms with van der Waals surface area (Å²) in [4.78, 5) is 26.5. The van der Waals surface area contributed by atoms with E-state index in [0.717, 1.165) is 16.7 Å². The first-order valence-electron chi connectivity index (χ1n) is 8.55. The predicted octanol–water partition coefficient (Wildman–Crippen LogP) is 3.57. The number of ether oxygens (including phenoxy) is 1. The van der Waals surface area contributed by atoms with Crippen LogP contribution in [0.25, 0.3) is 0 Å². The number of hydrogen-bond donors (Lipinski definition) is 0. The van der Waals surface area contributed by atoms with Gasteiger partial charge in [0.1, 0.15) is 5.75 Å². The van der Waals surface area contributed by atoms with Gasteiger partial charge in [0, 0.05) is 19.5 Å². The van der Waals surface area contributed by atoms with Crippen molar-refractivity contribution in [2.75, 3.05) is 6.54 Å². The first kappa shape index (κ1) is 17.2. The van der Waals surface area contributed by atoms with Crippen LogP contribution >= 0.6 is 0 Å². The molecule has 0 N–H and O–H groups in total. The van der Waals surface area contributed by atoms with Crippen molar-refractivity contribution < 1.29 is 14.3 Å². The number of amides is 1. The number of esters is 1. The summed E-state index contributed by atoms with van der Waals surface area (Å²) in [6, 6.07) is 13.9. The zero-order valence-electron chi connectivity index (χ0n) is 14.9. The molecular weight excluding hydrogens is 314 g/mol. The molecule has 2 aromatic carbocycles. The van der Waals surface area contributed by atoms with Gasteiger partial charge in [0.2, 0.25) is 5.91 Å². The number of hydrogen-bond acceptors (Lipinski definition) is 3. The average Bonchev–Trinajstić information content (AvgIpc) is 2.94.